The fourth-order valence-electron chi connectivity index (χ4n) is 1.17. The predicted octanol–water partition coefficient (Wildman–Crippen LogP) is 1.37. The summed E-state index contributed by atoms with van der Waals surface area (Å²) < 4.78 is 5.35. The van der Waals surface area contributed by atoms with E-state index in [4.69, 9.17) is 10.5 Å². The van der Waals surface area contributed by atoms with Gasteiger partial charge in [0.05, 0.1) is 0 Å². The summed E-state index contributed by atoms with van der Waals surface area (Å²) >= 11 is 0. The van der Waals surface area contributed by atoms with Crippen molar-refractivity contribution in [3.05, 3.63) is 48.3 Å². The molecule has 0 spiro atoms. The minimum Gasteiger partial charge on any atom is -0.420 e. The van der Waals surface area contributed by atoms with Crippen LogP contribution in [0.4, 0.5) is 0 Å². The van der Waals surface area contributed by atoms with Gasteiger partial charge in [0.25, 0.3) is 5.91 Å². The second-order valence-electron chi connectivity index (χ2n) is 2.99. The molecule has 16 heavy (non-hydrogen) atoms. The lowest BCUT2D eigenvalue weighted by atomic mass is 10.2. The molecule has 0 aliphatic carbocycles. The van der Waals surface area contributed by atoms with Crippen molar-refractivity contribution in [2.24, 2.45) is 5.73 Å². The molecule has 1 amide bonds. The number of carbonyl (C=O) groups is 1. The van der Waals surface area contributed by atoms with Gasteiger partial charge in [0.1, 0.15) is 5.56 Å². The molecule has 0 aromatic carbocycles. The lowest BCUT2D eigenvalue weighted by Gasteiger charge is -2.05. The Bertz CT molecular complexity index is 500. The summed E-state index contributed by atoms with van der Waals surface area (Å²) in [6.45, 7) is 0. The molecule has 2 rings (SSSR count). The molecular weight excluding hydrogens is 206 g/mol. The Morgan fingerprint density at radius 3 is 2.62 bits per heavy atom. The maximum absolute atomic E-state index is 11.1. The topological polar surface area (TPSA) is 78.1 Å². The van der Waals surface area contributed by atoms with Crippen LogP contribution in [-0.2, 0) is 0 Å². The van der Waals surface area contributed by atoms with Crippen LogP contribution < -0.4 is 10.5 Å². The Labute approximate surface area is 91.9 Å². The Morgan fingerprint density at radius 1 is 1.12 bits per heavy atom. The van der Waals surface area contributed by atoms with Gasteiger partial charge in [-0.05, 0) is 18.2 Å². The zero-order valence-corrected chi connectivity index (χ0v) is 8.33. The van der Waals surface area contributed by atoms with Gasteiger partial charge >= 0.3 is 0 Å². The van der Waals surface area contributed by atoms with E-state index in [-0.39, 0.29) is 11.4 Å². The molecule has 0 aliphatic rings. The molecule has 0 saturated carbocycles. The third-order valence-electron chi connectivity index (χ3n) is 1.88. The smallest absolute Gasteiger partial charge is 0.254 e. The summed E-state index contributed by atoms with van der Waals surface area (Å²) in [4.78, 5) is 19.0. The second kappa shape index (κ2) is 4.39. The van der Waals surface area contributed by atoms with Gasteiger partial charge in [-0.2, -0.15) is 0 Å². The average Bonchev–Trinajstić information content (AvgIpc) is 2.31. The monoisotopic (exact) mass is 215 g/mol. The second-order valence-corrected chi connectivity index (χ2v) is 2.99. The fraction of sp³-hybridized carbons (Fsp3) is 0. The Balaban J connectivity index is 2.31. The summed E-state index contributed by atoms with van der Waals surface area (Å²) in [5.74, 6) is -0.0589. The highest BCUT2D eigenvalue weighted by Crippen LogP contribution is 2.19. The zero-order valence-electron chi connectivity index (χ0n) is 8.33. The first-order valence-corrected chi connectivity index (χ1v) is 4.61. The molecule has 0 saturated heterocycles. The van der Waals surface area contributed by atoms with Crippen LogP contribution in [0.1, 0.15) is 10.4 Å². The van der Waals surface area contributed by atoms with E-state index in [0.29, 0.717) is 5.88 Å². The molecule has 0 unspecified atom stereocenters. The van der Waals surface area contributed by atoms with Crippen LogP contribution in [0.15, 0.2) is 42.7 Å². The average molecular weight is 215 g/mol. The van der Waals surface area contributed by atoms with Crippen molar-refractivity contribution in [3.8, 4) is 11.8 Å². The largest absolute Gasteiger partial charge is 0.420 e. The molecule has 0 aliphatic heterocycles. The van der Waals surface area contributed by atoms with E-state index in [1.165, 1.54) is 6.20 Å². The quantitative estimate of drug-likeness (QED) is 0.838. The van der Waals surface area contributed by atoms with Crippen molar-refractivity contribution in [1.82, 2.24) is 9.97 Å². The van der Waals surface area contributed by atoms with Crippen LogP contribution in [0.25, 0.3) is 0 Å². The van der Waals surface area contributed by atoms with Gasteiger partial charge in [-0.15, -0.1) is 0 Å². The lowest BCUT2D eigenvalue weighted by Crippen LogP contribution is -2.12. The van der Waals surface area contributed by atoms with Crippen LogP contribution in [0.3, 0.4) is 0 Å². The van der Waals surface area contributed by atoms with Crippen molar-refractivity contribution in [1.29, 1.82) is 0 Å². The van der Waals surface area contributed by atoms with Crippen LogP contribution >= 0.6 is 0 Å². The SMILES string of the molecule is NC(=O)c1cccnc1Oc1ccccn1. The summed E-state index contributed by atoms with van der Waals surface area (Å²) in [5, 5.41) is 0. The van der Waals surface area contributed by atoms with Gasteiger partial charge in [-0.1, -0.05) is 6.07 Å². The summed E-state index contributed by atoms with van der Waals surface area (Å²) in [5.41, 5.74) is 5.42. The molecule has 2 N–H and O–H groups in total. The van der Waals surface area contributed by atoms with Crippen LogP contribution in [0.2, 0.25) is 0 Å². The van der Waals surface area contributed by atoms with E-state index >= 15 is 0 Å². The summed E-state index contributed by atoms with van der Waals surface area (Å²) in [6, 6.07) is 8.37. The number of pyridine rings is 2. The first kappa shape index (κ1) is 10.1. The van der Waals surface area contributed by atoms with Crippen molar-refractivity contribution >= 4 is 5.91 Å². The number of carbonyl (C=O) groups excluding carboxylic acids is 1. The van der Waals surface area contributed by atoms with Crippen LogP contribution in [0.5, 0.6) is 11.8 Å². The Morgan fingerprint density at radius 2 is 1.94 bits per heavy atom. The first-order valence-electron chi connectivity index (χ1n) is 4.61. The van der Waals surface area contributed by atoms with Crippen molar-refractivity contribution in [2.45, 2.75) is 0 Å². The maximum Gasteiger partial charge on any atom is 0.254 e. The molecule has 5 heteroatoms. The van der Waals surface area contributed by atoms with E-state index in [0.717, 1.165) is 0 Å². The number of primary amides is 1. The molecule has 0 fully saturated rings. The minimum absolute atomic E-state index is 0.161. The number of hydrogen-bond donors (Lipinski definition) is 1. The normalized spacial score (nSPS) is 9.75. The number of rotatable bonds is 3. The number of nitrogens with two attached hydrogens (primary N) is 1. The van der Waals surface area contributed by atoms with Gasteiger partial charge in [0.15, 0.2) is 0 Å². The zero-order chi connectivity index (χ0) is 11.4. The molecular formula is C11H9N3O2. The third kappa shape index (κ3) is 2.14. The predicted molar refractivity (Wildman–Crippen MR) is 57.1 cm³/mol. The van der Waals surface area contributed by atoms with Gasteiger partial charge in [0.2, 0.25) is 11.8 Å². The van der Waals surface area contributed by atoms with E-state index in [2.05, 4.69) is 9.97 Å². The third-order valence-corrected chi connectivity index (χ3v) is 1.88. The van der Waals surface area contributed by atoms with Gasteiger partial charge in [0, 0.05) is 18.5 Å². The lowest BCUT2D eigenvalue weighted by molar-refractivity contribution is 0.0997. The molecule has 2 aromatic rings. The van der Waals surface area contributed by atoms with Crippen LogP contribution in [-0.4, -0.2) is 15.9 Å². The minimum atomic E-state index is -0.584. The number of hydrogen-bond acceptors (Lipinski definition) is 4. The van der Waals surface area contributed by atoms with Gasteiger partial charge in [-0.3, -0.25) is 4.79 Å². The number of amides is 1. The highest BCUT2D eigenvalue weighted by atomic mass is 16.5. The van der Waals surface area contributed by atoms with Crippen LogP contribution in [0, 0.1) is 0 Å². The van der Waals surface area contributed by atoms with E-state index < -0.39 is 5.91 Å². The van der Waals surface area contributed by atoms with E-state index in [9.17, 15) is 4.79 Å². The highest BCUT2D eigenvalue weighted by molar-refractivity contribution is 5.95. The van der Waals surface area contributed by atoms with E-state index in [1.54, 1.807) is 36.5 Å². The molecule has 5 nitrogen and oxygen atoms in total. The first-order chi connectivity index (χ1) is 7.77. The molecule has 2 aromatic heterocycles. The number of ether oxygens (including phenoxy) is 1. The maximum atomic E-state index is 11.1. The molecule has 0 bridgehead atoms. The standard InChI is InChI=1S/C11H9N3O2/c12-10(15)8-4-3-7-14-11(8)16-9-5-1-2-6-13-9/h1-7H,(H2,12,15). The van der Waals surface area contributed by atoms with Crippen molar-refractivity contribution in [3.63, 3.8) is 0 Å². The molecule has 0 radical (unpaired) electrons. The molecule has 80 valence electrons. The molecule has 2 heterocycles. The highest BCUT2D eigenvalue weighted by Gasteiger charge is 2.10. The van der Waals surface area contributed by atoms with Gasteiger partial charge in [-0.25, -0.2) is 9.97 Å². The Hall–Kier alpha value is -2.43. The molecule has 0 atom stereocenters. The fourth-order valence-corrected chi connectivity index (χ4v) is 1.17. The van der Waals surface area contributed by atoms with Crippen molar-refractivity contribution in [2.75, 3.05) is 0 Å². The summed E-state index contributed by atoms with van der Waals surface area (Å²) in [7, 11) is 0. The number of aromatic nitrogens is 2. The Kier molecular flexibility index (Phi) is 2.77. The van der Waals surface area contributed by atoms with Gasteiger partial charge < -0.3 is 10.5 Å². The number of nitrogens with zero attached hydrogens (tertiary/aromatic N) is 2. The van der Waals surface area contributed by atoms with E-state index in [1.807, 2.05) is 0 Å². The van der Waals surface area contributed by atoms with Crippen molar-refractivity contribution < 1.29 is 9.53 Å². The summed E-state index contributed by atoms with van der Waals surface area (Å²) in [6.07, 6.45) is 3.10.